The molecule has 0 aliphatic heterocycles. The maximum absolute atomic E-state index is 12.2. The van der Waals surface area contributed by atoms with Gasteiger partial charge in [0, 0.05) is 5.56 Å². The molecule has 21 heavy (non-hydrogen) atoms. The van der Waals surface area contributed by atoms with Crippen LogP contribution in [0.4, 0.5) is 0 Å². The number of carboxylic acid groups (broad SMARTS) is 1. The SMILES string of the molecule is CCCC(NC(=O)c1cc(OC)c(Br)c(OC)c1)C(=O)O. The van der Waals surface area contributed by atoms with E-state index in [1.807, 2.05) is 6.92 Å². The van der Waals surface area contributed by atoms with Gasteiger partial charge < -0.3 is 19.9 Å². The molecule has 0 aromatic heterocycles. The number of halogens is 1. The number of hydrogen-bond acceptors (Lipinski definition) is 4. The first-order valence-electron chi connectivity index (χ1n) is 6.39. The fourth-order valence-electron chi connectivity index (χ4n) is 1.79. The Bertz CT molecular complexity index is 507. The fraction of sp³-hybridized carbons (Fsp3) is 0.429. The molecule has 1 aromatic carbocycles. The maximum Gasteiger partial charge on any atom is 0.326 e. The van der Waals surface area contributed by atoms with Gasteiger partial charge in [0.15, 0.2) is 0 Å². The molecule has 0 bridgehead atoms. The molecule has 2 N–H and O–H groups in total. The lowest BCUT2D eigenvalue weighted by atomic mass is 10.1. The molecule has 7 heteroatoms. The van der Waals surface area contributed by atoms with Gasteiger partial charge in [0.2, 0.25) is 0 Å². The Hall–Kier alpha value is -1.76. The van der Waals surface area contributed by atoms with Gasteiger partial charge in [-0.25, -0.2) is 4.79 Å². The number of benzene rings is 1. The van der Waals surface area contributed by atoms with Crippen molar-refractivity contribution in [3.05, 3.63) is 22.2 Å². The maximum atomic E-state index is 12.2. The van der Waals surface area contributed by atoms with Crippen LogP contribution in [0.2, 0.25) is 0 Å². The van der Waals surface area contributed by atoms with Gasteiger partial charge in [-0.05, 0) is 34.5 Å². The summed E-state index contributed by atoms with van der Waals surface area (Å²) in [4.78, 5) is 23.3. The number of carboxylic acids is 1. The minimum Gasteiger partial charge on any atom is -0.495 e. The Morgan fingerprint density at radius 1 is 1.29 bits per heavy atom. The van der Waals surface area contributed by atoms with Gasteiger partial charge in [0.05, 0.1) is 14.2 Å². The second-order valence-corrected chi connectivity index (χ2v) is 5.14. The van der Waals surface area contributed by atoms with Crippen LogP contribution in [0, 0.1) is 0 Å². The van der Waals surface area contributed by atoms with Crippen molar-refractivity contribution in [1.82, 2.24) is 5.32 Å². The van der Waals surface area contributed by atoms with Gasteiger partial charge in [-0.15, -0.1) is 0 Å². The quantitative estimate of drug-likeness (QED) is 0.780. The molecule has 1 atom stereocenters. The van der Waals surface area contributed by atoms with E-state index in [1.54, 1.807) is 0 Å². The zero-order valence-corrected chi connectivity index (χ0v) is 13.7. The predicted molar refractivity (Wildman–Crippen MR) is 81.0 cm³/mol. The molecule has 0 aliphatic carbocycles. The highest BCUT2D eigenvalue weighted by Crippen LogP contribution is 2.35. The lowest BCUT2D eigenvalue weighted by Crippen LogP contribution is -2.40. The van der Waals surface area contributed by atoms with Crippen molar-refractivity contribution in [3.8, 4) is 11.5 Å². The third-order valence-electron chi connectivity index (χ3n) is 2.89. The molecule has 0 heterocycles. The molecule has 116 valence electrons. The summed E-state index contributed by atoms with van der Waals surface area (Å²) in [6.07, 6.45) is 1.02. The summed E-state index contributed by atoms with van der Waals surface area (Å²) >= 11 is 3.31. The van der Waals surface area contributed by atoms with Crippen molar-refractivity contribution in [2.24, 2.45) is 0 Å². The van der Waals surface area contributed by atoms with Crippen LogP contribution in [0.25, 0.3) is 0 Å². The first-order chi connectivity index (χ1) is 9.94. The van der Waals surface area contributed by atoms with E-state index < -0.39 is 17.9 Å². The van der Waals surface area contributed by atoms with Gasteiger partial charge in [0.1, 0.15) is 22.0 Å². The number of carbonyl (C=O) groups excluding carboxylic acids is 1. The largest absolute Gasteiger partial charge is 0.495 e. The van der Waals surface area contributed by atoms with Gasteiger partial charge >= 0.3 is 5.97 Å². The van der Waals surface area contributed by atoms with Crippen LogP contribution in [0.15, 0.2) is 16.6 Å². The van der Waals surface area contributed by atoms with Crippen molar-refractivity contribution < 1.29 is 24.2 Å². The fourth-order valence-corrected chi connectivity index (χ4v) is 2.34. The number of carbonyl (C=O) groups is 2. The molecule has 1 unspecified atom stereocenters. The van der Waals surface area contributed by atoms with Gasteiger partial charge in [0.25, 0.3) is 5.91 Å². The minimum absolute atomic E-state index is 0.272. The van der Waals surface area contributed by atoms with Crippen molar-refractivity contribution >= 4 is 27.8 Å². The topological polar surface area (TPSA) is 84.9 Å². The molecular formula is C14H18BrNO5. The highest BCUT2D eigenvalue weighted by Gasteiger charge is 2.21. The van der Waals surface area contributed by atoms with Gasteiger partial charge in [-0.2, -0.15) is 0 Å². The smallest absolute Gasteiger partial charge is 0.326 e. The molecule has 1 aromatic rings. The van der Waals surface area contributed by atoms with Crippen LogP contribution in [-0.2, 0) is 4.79 Å². The number of hydrogen-bond donors (Lipinski definition) is 2. The molecule has 0 saturated carbocycles. The van der Waals surface area contributed by atoms with E-state index in [0.717, 1.165) is 0 Å². The zero-order chi connectivity index (χ0) is 16.0. The van der Waals surface area contributed by atoms with Crippen LogP contribution in [0.3, 0.4) is 0 Å². The molecule has 0 saturated heterocycles. The summed E-state index contributed by atoms with van der Waals surface area (Å²) in [6.45, 7) is 1.85. The molecule has 0 aliphatic rings. The average molecular weight is 360 g/mol. The molecular weight excluding hydrogens is 342 g/mol. The summed E-state index contributed by atoms with van der Waals surface area (Å²) in [7, 11) is 2.94. The molecule has 0 spiro atoms. The Balaban J connectivity index is 3.04. The van der Waals surface area contributed by atoms with E-state index in [2.05, 4.69) is 21.2 Å². The van der Waals surface area contributed by atoms with Crippen LogP contribution in [-0.4, -0.2) is 37.2 Å². The summed E-state index contributed by atoms with van der Waals surface area (Å²) in [5.74, 6) is -0.676. The number of amides is 1. The van der Waals surface area contributed by atoms with E-state index in [9.17, 15) is 9.59 Å². The van der Waals surface area contributed by atoms with Crippen LogP contribution in [0.5, 0.6) is 11.5 Å². The highest BCUT2D eigenvalue weighted by atomic mass is 79.9. The second kappa shape index (κ2) is 7.87. The van der Waals surface area contributed by atoms with E-state index in [0.29, 0.717) is 28.8 Å². The lowest BCUT2D eigenvalue weighted by molar-refractivity contribution is -0.139. The van der Waals surface area contributed by atoms with E-state index in [1.165, 1.54) is 26.4 Å². The number of nitrogens with one attached hydrogen (secondary N) is 1. The predicted octanol–water partition coefficient (Wildman–Crippen LogP) is 2.45. The Morgan fingerprint density at radius 3 is 2.19 bits per heavy atom. The number of aliphatic carboxylic acids is 1. The third kappa shape index (κ3) is 4.35. The second-order valence-electron chi connectivity index (χ2n) is 4.35. The third-order valence-corrected chi connectivity index (χ3v) is 3.67. The van der Waals surface area contributed by atoms with E-state index in [-0.39, 0.29) is 5.56 Å². The Morgan fingerprint density at radius 2 is 1.81 bits per heavy atom. The average Bonchev–Trinajstić information content (AvgIpc) is 2.46. The number of rotatable bonds is 7. The molecule has 0 radical (unpaired) electrons. The Kier molecular flexibility index (Phi) is 6.48. The van der Waals surface area contributed by atoms with E-state index >= 15 is 0 Å². The standard InChI is InChI=1S/C14H18BrNO5/c1-4-5-9(14(18)19)16-13(17)8-6-10(20-2)12(15)11(7-8)21-3/h6-7,9H,4-5H2,1-3H3,(H,16,17)(H,18,19). The number of ether oxygens (including phenoxy) is 2. The van der Waals surface area contributed by atoms with Crippen LogP contribution >= 0.6 is 15.9 Å². The normalized spacial score (nSPS) is 11.6. The van der Waals surface area contributed by atoms with Crippen molar-refractivity contribution in [2.75, 3.05) is 14.2 Å². The van der Waals surface area contributed by atoms with Crippen molar-refractivity contribution in [2.45, 2.75) is 25.8 Å². The van der Waals surface area contributed by atoms with Crippen molar-refractivity contribution in [1.29, 1.82) is 0 Å². The Labute approximate surface area is 131 Å². The van der Waals surface area contributed by atoms with Crippen LogP contribution < -0.4 is 14.8 Å². The van der Waals surface area contributed by atoms with Crippen molar-refractivity contribution in [3.63, 3.8) is 0 Å². The highest BCUT2D eigenvalue weighted by molar-refractivity contribution is 9.10. The minimum atomic E-state index is -1.05. The summed E-state index contributed by atoms with van der Waals surface area (Å²) in [5.41, 5.74) is 0.272. The lowest BCUT2D eigenvalue weighted by Gasteiger charge is -2.15. The first kappa shape index (κ1) is 17.3. The van der Waals surface area contributed by atoms with Crippen LogP contribution in [0.1, 0.15) is 30.1 Å². The summed E-state index contributed by atoms with van der Waals surface area (Å²) in [6, 6.07) is 2.13. The van der Waals surface area contributed by atoms with E-state index in [4.69, 9.17) is 14.6 Å². The molecule has 0 fully saturated rings. The molecule has 1 rings (SSSR count). The first-order valence-corrected chi connectivity index (χ1v) is 7.19. The summed E-state index contributed by atoms with van der Waals surface area (Å²) < 4.78 is 10.9. The van der Waals surface area contributed by atoms with Gasteiger partial charge in [-0.3, -0.25) is 4.79 Å². The molecule has 1 amide bonds. The summed E-state index contributed by atoms with van der Waals surface area (Å²) in [5, 5.41) is 11.6. The molecule has 6 nitrogen and oxygen atoms in total. The number of methoxy groups -OCH3 is 2. The zero-order valence-electron chi connectivity index (χ0n) is 12.1. The van der Waals surface area contributed by atoms with Gasteiger partial charge in [-0.1, -0.05) is 13.3 Å². The monoisotopic (exact) mass is 359 g/mol.